The molecule has 0 radical (unpaired) electrons. The predicted octanol–water partition coefficient (Wildman–Crippen LogP) is 3.22. The summed E-state index contributed by atoms with van der Waals surface area (Å²) in [6, 6.07) is 4.68. The van der Waals surface area contributed by atoms with Gasteiger partial charge in [-0.15, -0.1) is 0 Å². The zero-order chi connectivity index (χ0) is 15.4. The molecule has 0 aromatic heterocycles. The van der Waals surface area contributed by atoms with E-state index in [2.05, 4.69) is 31.3 Å². The van der Waals surface area contributed by atoms with Crippen LogP contribution in [0.4, 0.5) is 0 Å². The van der Waals surface area contributed by atoms with Crippen LogP contribution in [0.25, 0.3) is 0 Å². The van der Waals surface area contributed by atoms with Crippen molar-refractivity contribution in [1.82, 2.24) is 10.2 Å². The van der Waals surface area contributed by atoms with Gasteiger partial charge in [-0.1, -0.05) is 24.6 Å². The average Bonchev–Trinajstić information content (AvgIpc) is 2.89. The van der Waals surface area contributed by atoms with Gasteiger partial charge in [0, 0.05) is 24.7 Å². The normalized spacial score (nSPS) is 18.0. The van der Waals surface area contributed by atoms with Gasteiger partial charge in [0.2, 0.25) is 0 Å². The monoisotopic (exact) mass is 288 g/mol. The summed E-state index contributed by atoms with van der Waals surface area (Å²) < 4.78 is 0. The van der Waals surface area contributed by atoms with Crippen LogP contribution in [0.5, 0.6) is 0 Å². The third kappa shape index (κ3) is 3.85. The number of carbonyl (C=O) groups excluding carboxylic acids is 1. The zero-order valence-corrected chi connectivity index (χ0v) is 13.8. The van der Waals surface area contributed by atoms with Gasteiger partial charge in [0.1, 0.15) is 0 Å². The van der Waals surface area contributed by atoms with Crippen LogP contribution >= 0.6 is 0 Å². The van der Waals surface area contributed by atoms with Crippen LogP contribution in [0, 0.1) is 20.8 Å². The Bertz CT molecular complexity index is 481. The largest absolute Gasteiger partial charge is 0.337 e. The molecule has 1 heterocycles. The van der Waals surface area contributed by atoms with Gasteiger partial charge in [-0.25, -0.2) is 0 Å². The van der Waals surface area contributed by atoms with Crippen molar-refractivity contribution in [2.45, 2.75) is 53.0 Å². The minimum atomic E-state index is 0.195. The maximum atomic E-state index is 13.0. The minimum Gasteiger partial charge on any atom is -0.337 e. The fraction of sp³-hybridized carbons (Fsp3) is 0.611. The molecule has 0 spiro atoms. The van der Waals surface area contributed by atoms with E-state index in [9.17, 15) is 4.79 Å². The molecule has 2 rings (SSSR count). The number of aryl methyl sites for hydroxylation is 3. The summed E-state index contributed by atoms with van der Waals surface area (Å²) in [6.45, 7) is 11.1. The van der Waals surface area contributed by atoms with E-state index in [4.69, 9.17) is 0 Å². The number of hydrogen-bond acceptors (Lipinski definition) is 2. The fourth-order valence-corrected chi connectivity index (χ4v) is 3.40. The topological polar surface area (TPSA) is 32.3 Å². The third-order valence-electron chi connectivity index (χ3n) is 4.27. The maximum Gasteiger partial charge on any atom is 0.254 e. The van der Waals surface area contributed by atoms with Crippen LogP contribution in [0.15, 0.2) is 12.1 Å². The van der Waals surface area contributed by atoms with Crippen molar-refractivity contribution in [3.8, 4) is 0 Å². The number of nitrogens with zero attached hydrogens (tertiary/aromatic N) is 1. The molecule has 1 saturated heterocycles. The molecule has 0 bridgehead atoms. The van der Waals surface area contributed by atoms with Gasteiger partial charge in [0.25, 0.3) is 5.91 Å². The Labute approximate surface area is 128 Å². The van der Waals surface area contributed by atoms with Crippen molar-refractivity contribution < 1.29 is 4.79 Å². The molecule has 3 nitrogen and oxygen atoms in total. The van der Waals surface area contributed by atoms with E-state index in [-0.39, 0.29) is 5.91 Å². The first-order chi connectivity index (χ1) is 10.0. The second kappa shape index (κ2) is 7.08. The molecular weight excluding hydrogens is 260 g/mol. The summed E-state index contributed by atoms with van der Waals surface area (Å²) in [4.78, 5) is 15.0. The van der Waals surface area contributed by atoms with Crippen molar-refractivity contribution in [3.63, 3.8) is 0 Å². The van der Waals surface area contributed by atoms with Crippen LogP contribution in [0.3, 0.4) is 0 Å². The van der Waals surface area contributed by atoms with Gasteiger partial charge < -0.3 is 10.2 Å². The summed E-state index contributed by atoms with van der Waals surface area (Å²) in [5.41, 5.74) is 4.31. The Morgan fingerprint density at radius 1 is 1.29 bits per heavy atom. The van der Waals surface area contributed by atoms with Crippen molar-refractivity contribution in [2.24, 2.45) is 0 Å². The van der Waals surface area contributed by atoms with E-state index in [1.54, 1.807) is 0 Å². The van der Waals surface area contributed by atoms with Crippen LogP contribution in [-0.4, -0.2) is 36.5 Å². The van der Waals surface area contributed by atoms with E-state index >= 15 is 0 Å². The molecule has 1 atom stereocenters. The first-order valence-electron chi connectivity index (χ1n) is 8.13. The van der Waals surface area contributed by atoms with Crippen molar-refractivity contribution >= 4 is 5.91 Å². The van der Waals surface area contributed by atoms with Gasteiger partial charge in [0.15, 0.2) is 0 Å². The lowest BCUT2D eigenvalue weighted by Gasteiger charge is -2.27. The smallest absolute Gasteiger partial charge is 0.254 e. The summed E-state index contributed by atoms with van der Waals surface area (Å²) in [5, 5.41) is 3.50. The molecule has 1 aromatic carbocycles. The first-order valence-corrected chi connectivity index (χ1v) is 8.13. The quantitative estimate of drug-likeness (QED) is 0.902. The number of amides is 1. The average molecular weight is 288 g/mol. The fourth-order valence-electron chi connectivity index (χ4n) is 3.40. The van der Waals surface area contributed by atoms with Crippen molar-refractivity contribution in [1.29, 1.82) is 0 Å². The molecule has 21 heavy (non-hydrogen) atoms. The Morgan fingerprint density at radius 3 is 2.48 bits per heavy atom. The van der Waals surface area contributed by atoms with Gasteiger partial charge in [-0.2, -0.15) is 0 Å². The SMILES string of the molecule is CCCN(CC1CCCN1)C(=O)c1c(C)cc(C)cc1C. The molecule has 116 valence electrons. The summed E-state index contributed by atoms with van der Waals surface area (Å²) >= 11 is 0. The highest BCUT2D eigenvalue weighted by molar-refractivity contribution is 5.97. The van der Waals surface area contributed by atoms with E-state index in [0.717, 1.165) is 42.7 Å². The highest BCUT2D eigenvalue weighted by Crippen LogP contribution is 2.19. The minimum absolute atomic E-state index is 0.195. The third-order valence-corrected chi connectivity index (χ3v) is 4.27. The van der Waals surface area contributed by atoms with Gasteiger partial charge in [-0.3, -0.25) is 4.79 Å². The molecule has 1 aromatic rings. The van der Waals surface area contributed by atoms with E-state index < -0.39 is 0 Å². The molecule has 3 heteroatoms. The summed E-state index contributed by atoms with van der Waals surface area (Å²) in [5.74, 6) is 0.195. The van der Waals surface area contributed by atoms with Crippen LogP contribution in [0.1, 0.15) is 53.2 Å². The van der Waals surface area contributed by atoms with E-state index in [1.807, 2.05) is 18.7 Å². The molecule has 1 aliphatic heterocycles. The van der Waals surface area contributed by atoms with Crippen LogP contribution in [-0.2, 0) is 0 Å². The first kappa shape index (κ1) is 16.0. The Morgan fingerprint density at radius 2 is 1.95 bits per heavy atom. The molecule has 1 unspecified atom stereocenters. The Balaban J connectivity index is 2.21. The highest BCUT2D eigenvalue weighted by Gasteiger charge is 2.23. The van der Waals surface area contributed by atoms with Gasteiger partial charge in [-0.05, 0) is 57.7 Å². The summed E-state index contributed by atoms with van der Waals surface area (Å²) in [7, 11) is 0. The molecule has 1 aliphatic rings. The second-order valence-corrected chi connectivity index (χ2v) is 6.32. The molecule has 1 fully saturated rings. The lowest BCUT2D eigenvalue weighted by Crippen LogP contribution is -2.42. The number of benzene rings is 1. The molecule has 1 amide bonds. The lowest BCUT2D eigenvalue weighted by molar-refractivity contribution is 0.0740. The zero-order valence-electron chi connectivity index (χ0n) is 13.8. The van der Waals surface area contributed by atoms with Crippen LogP contribution < -0.4 is 5.32 Å². The van der Waals surface area contributed by atoms with E-state index in [0.29, 0.717) is 6.04 Å². The molecule has 0 saturated carbocycles. The van der Waals surface area contributed by atoms with Gasteiger partial charge in [0.05, 0.1) is 0 Å². The number of hydrogen-bond donors (Lipinski definition) is 1. The number of rotatable bonds is 5. The Kier molecular flexibility index (Phi) is 5.40. The molecule has 1 N–H and O–H groups in total. The van der Waals surface area contributed by atoms with Gasteiger partial charge >= 0.3 is 0 Å². The van der Waals surface area contributed by atoms with Crippen LogP contribution in [0.2, 0.25) is 0 Å². The predicted molar refractivity (Wildman–Crippen MR) is 87.9 cm³/mol. The lowest BCUT2D eigenvalue weighted by atomic mass is 9.98. The Hall–Kier alpha value is -1.35. The standard InChI is InChI=1S/C18H28N2O/c1-5-9-20(12-16-7-6-8-19-16)18(21)17-14(3)10-13(2)11-15(17)4/h10-11,16,19H,5-9,12H2,1-4H3. The number of nitrogens with one attached hydrogen (secondary N) is 1. The molecular formula is C18H28N2O. The van der Waals surface area contributed by atoms with Crippen molar-refractivity contribution in [3.05, 3.63) is 34.4 Å². The molecule has 0 aliphatic carbocycles. The van der Waals surface area contributed by atoms with E-state index in [1.165, 1.54) is 18.4 Å². The highest BCUT2D eigenvalue weighted by atomic mass is 16.2. The summed E-state index contributed by atoms with van der Waals surface area (Å²) in [6.07, 6.45) is 3.41. The second-order valence-electron chi connectivity index (χ2n) is 6.32. The van der Waals surface area contributed by atoms with Crippen molar-refractivity contribution in [2.75, 3.05) is 19.6 Å². The maximum absolute atomic E-state index is 13.0. The number of carbonyl (C=O) groups is 1.